The molecule has 0 atom stereocenters. The number of nitrogens with one attached hydrogen (secondary N) is 1. The summed E-state index contributed by atoms with van der Waals surface area (Å²) in [4.78, 5) is 20.7. The van der Waals surface area contributed by atoms with E-state index in [0.29, 0.717) is 21.5 Å². The zero-order valence-corrected chi connectivity index (χ0v) is 15.2. The molecule has 0 spiro atoms. The van der Waals surface area contributed by atoms with Gasteiger partial charge in [-0.15, -0.1) is 0 Å². The van der Waals surface area contributed by atoms with Crippen LogP contribution in [0.2, 0.25) is 10.0 Å². The Kier molecular flexibility index (Phi) is 5.86. The summed E-state index contributed by atoms with van der Waals surface area (Å²) in [7, 11) is 0. The molecule has 8 heteroatoms. The maximum Gasteiger partial charge on any atom is 0.258 e. The summed E-state index contributed by atoms with van der Waals surface area (Å²) in [6.45, 7) is 0.102. The first-order chi connectivity index (χ1) is 12.1. The molecular weight excluding hydrogens is 381 g/mol. The van der Waals surface area contributed by atoms with Crippen LogP contribution in [0.15, 0.2) is 47.4 Å². The molecule has 0 radical (unpaired) electrons. The fraction of sp³-hybridized carbons (Fsp3) is 0.118. The van der Waals surface area contributed by atoms with E-state index in [9.17, 15) is 4.79 Å². The van der Waals surface area contributed by atoms with Gasteiger partial charge in [-0.3, -0.25) is 14.8 Å². The molecule has 1 N–H and O–H groups in total. The predicted octanol–water partition coefficient (Wildman–Crippen LogP) is 4.21. The van der Waals surface area contributed by atoms with Crippen LogP contribution < -0.4 is 10.1 Å². The van der Waals surface area contributed by atoms with E-state index in [-0.39, 0.29) is 19.1 Å². The number of rotatable bonds is 6. The highest BCUT2D eigenvalue weighted by Gasteiger charge is 2.11. The molecule has 0 aliphatic heterocycles. The van der Waals surface area contributed by atoms with Crippen molar-refractivity contribution < 1.29 is 9.53 Å². The van der Waals surface area contributed by atoms with E-state index in [1.807, 2.05) is 16.8 Å². The Hall–Kier alpha value is -2.15. The Morgan fingerprint density at radius 3 is 2.80 bits per heavy atom. The average Bonchev–Trinajstić information content (AvgIpc) is 3.14. The first-order valence-corrected chi connectivity index (χ1v) is 9.00. The van der Waals surface area contributed by atoms with E-state index < -0.39 is 0 Å². The molecule has 128 valence electrons. The van der Waals surface area contributed by atoms with Gasteiger partial charge >= 0.3 is 0 Å². The van der Waals surface area contributed by atoms with Crippen molar-refractivity contribution in [3.05, 3.63) is 63.2 Å². The number of amides is 1. The Labute approximate surface area is 158 Å². The number of carbonyl (C=O) groups is 1. The van der Waals surface area contributed by atoms with Crippen molar-refractivity contribution in [1.82, 2.24) is 15.3 Å². The quantitative estimate of drug-likeness (QED) is 0.681. The summed E-state index contributed by atoms with van der Waals surface area (Å²) in [6.07, 6.45) is 3.23. The molecule has 0 saturated carbocycles. The molecule has 1 amide bonds. The van der Waals surface area contributed by atoms with Gasteiger partial charge in [0.2, 0.25) is 0 Å². The molecular formula is C17H13Cl2N3O2S. The SMILES string of the molecule is O=C(COc1ccc(Cl)cc1Cl)NCc1nccnc1-c1ccsc1. The van der Waals surface area contributed by atoms with E-state index in [4.69, 9.17) is 27.9 Å². The largest absolute Gasteiger partial charge is 0.482 e. The highest BCUT2D eigenvalue weighted by Crippen LogP contribution is 2.27. The second kappa shape index (κ2) is 8.29. The predicted molar refractivity (Wildman–Crippen MR) is 99.1 cm³/mol. The van der Waals surface area contributed by atoms with Gasteiger partial charge in [0.15, 0.2) is 6.61 Å². The van der Waals surface area contributed by atoms with Crippen LogP contribution in [0.5, 0.6) is 5.75 Å². The second-order valence-corrected chi connectivity index (χ2v) is 6.63. The zero-order valence-electron chi connectivity index (χ0n) is 12.9. The van der Waals surface area contributed by atoms with Crippen LogP contribution in [0.4, 0.5) is 0 Å². The van der Waals surface area contributed by atoms with Gasteiger partial charge in [0.25, 0.3) is 5.91 Å². The van der Waals surface area contributed by atoms with Gasteiger partial charge in [0.1, 0.15) is 5.75 Å². The molecule has 5 nitrogen and oxygen atoms in total. The zero-order chi connectivity index (χ0) is 17.6. The maximum atomic E-state index is 12.0. The van der Waals surface area contributed by atoms with Crippen molar-refractivity contribution >= 4 is 40.4 Å². The smallest absolute Gasteiger partial charge is 0.258 e. The standard InChI is InChI=1S/C17H13Cl2N3O2S/c18-12-1-2-15(13(19)7-12)24-9-16(23)22-8-14-17(21-5-4-20-14)11-3-6-25-10-11/h1-7,10H,8-9H2,(H,22,23). The number of hydrogen-bond donors (Lipinski definition) is 1. The minimum absolute atomic E-state index is 0.157. The first kappa shape index (κ1) is 17.7. The number of thiophene rings is 1. The van der Waals surface area contributed by atoms with Crippen LogP contribution >= 0.6 is 34.5 Å². The maximum absolute atomic E-state index is 12.0. The van der Waals surface area contributed by atoms with E-state index in [1.165, 1.54) is 0 Å². The molecule has 2 aromatic heterocycles. The molecule has 0 aliphatic carbocycles. The van der Waals surface area contributed by atoms with E-state index in [2.05, 4.69) is 15.3 Å². The third kappa shape index (κ3) is 4.69. The van der Waals surface area contributed by atoms with Gasteiger partial charge in [0.05, 0.1) is 23.0 Å². The minimum Gasteiger partial charge on any atom is -0.482 e. The van der Waals surface area contributed by atoms with Crippen LogP contribution in [-0.2, 0) is 11.3 Å². The summed E-state index contributed by atoms with van der Waals surface area (Å²) in [5.74, 6) is 0.118. The number of hydrogen-bond acceptors (Lipinski definition) is 5. The van der Waals surface area contributed by atoms with Crippen LogP contribution in [0.3, 0.4) is 0 Å². The summed E-state index contributed by atoms with van der Waals surface area (Å²) >= 11 is 13.4. The van der Waals surface area contributed by atoms with E-state index in [0.717, 1.165) is 11.3 Å². The van der Waals surface area contributed by atoms with Gasteiger partial charge in [-0.25, -0.2) is 0 Å². The van der Waals surface area contributed by atoms with E-state index in [1.54, 1.807) is 41.9 Å². The van der Waals surface area contributed by atoms with Gasteiger partial charge in [0, 0.05) is 28.4 Å². The normalized spacial score (nSPS) is 10.5. The molecule has 3 aromatic rings. The van der Waals surface area contributed by atoms with Gasteiger partial charge < -0.3 is 10.1 Å². The summed E-state index contributed by atoms with van der Waals surface area (Å²) in [5, 5.41) is 7.59. The minimum atomic E-state index is -0.284. The van der Waals surface area contributed by atoms with Gasteiger partial charge in [-0.2, -0.15) is 11.3 Å². The van der Waals surface area contributed by atoms with Crippen LogP contribution in [0.25, 0.3) is 11.3 Å². The number of carbonyl (C=O) groups excluding carboxylic acids is 1. The van der Waals surface area contributed by atoms with Crippen molar-refractivity contribution in [3.8, 4) is 17.0 Å². The Balaban J connectivity index is 1.58. The summed E-state index contributed by atoms with van der Waals surface area (Å²) in [5.41, 5.74) is 2.43. The third-order valence-electron chi connectivity index (χ3n) is 3.27. The second-order valence-electron chi connectivity index (χ2n) is 5.00. The molecule has 3 rings (SSSR count). The van der Waals surface area contributed by atoms with Crippen LogP contribution in [0, 0.1) is 0 Å². The van der Waals surface area contributed by atoms with Crippen molar-refractivity contribution in [3.63, 3.8) is 0 Å². The Morgan fingerprint density at radius 1 is 1.20 bits per heavy atom. The third-order valence-corrected chi connectivity index (χ3v) is 4.49. The lowest BCUT2D eigenvalue weighted by Gasteiger charge is -2.10. The molecule has 0 bridgehead atoms. The van der Waals surface area contributed by atoms with Crippen molar-refractivity contribution in [1.29, 1.82) is 0 Å². The molecule has 0 saturated heterocycles. The lowest BCUT2D eigenvalue weighted by molar-refractivity contribution is -0.123. The summed E-state index contributed by atoms with van der Waals surface area (Å²) in [6, 6.07) is 6.79. The fourth-order valence-corrected chi connectivity index (χ4v) is 3.21. The molecule has 2 heterocycles. The lowest BCUT2D eigenvalue weighted by Crippen LogP contribution is -2.29. The molecule has 25 heavy (non-hydrogen) atoms. The Morgan fingerprint density at radius 2 is 2.04 bits per heavy atom. The highest BCUT2D eigenvalue weighted by atomic mass is 35.5. The van der Waals surface area contributed by atoms with Gasteiger partial charge in [-0.05, 0) is 29.6 Å². The number of benzene rings is 1. The topological polar surface area (TPSA) is 64.1 Å². The number of halogens is 2. The molecule has 1 aromatic carbocycles. The lowest BCUT2D eigenvalue weighted by atomic mass is 10.2. The molecule has 0 fully saturated rings. The number of aromatic nitrogens is 2. The number of nitrogens with zero attached hydrogens (tertiary/aromatic N) is 2. The number of ether oxygens (including phenoxy) is 1. The summed E-state index contributed by atoms with van der Waals surface area (Å²) < 4.78 is 5.41. The van der Waals surface area contributed by atoms with Crippen molar-refractivity contribution in [2.75, 3.05) is 6.61 Å². The van der Waals surface area contributed by atoms with Gasteiger partial charge in [-0.1, -0.05) is 23.2 Å². The average molecular weight is 394 g/mol. The van der Waals surface area contributed by atoms with E-state index >= 15 is 0 Å². The van der Waals surface area contributed by atoms with Crippen LogP contribution in [0.1, 0.15) is 5.69 Å². The monoisotopic (exact) mass is 393 g/mol. The first-order valence-electron chi connectivity index (χ1n) is 7.30. The molecule has 0 unspecified atom stereocenters. The fourth-order valence-electron chi connectivity index (χ4n) is 2.11. The van der Waals surface area contributed by atoms with Crippen molar-refractivity contribution in [2.45, 2.75) is 6.54 Å². The molecule has 0 aliphatic rings. The van der Waals surface area contributed by atoms with Crippen LogP contribution in [-0.4, -0.2) is 22.5 Å². The highest BCUT2D eigenvalue weighted by molar-refractivity contribution is 7.08. The Bertz CT molecular complexity index is 872. The van der Waals surface area contributed by atoms with Crippen molar-refractivity contribution in [2.24, 2.45) is 0 Å².